The predicted molar refractivity (Wildman–Crippen MR) is 74.2 cm³/mol. The van der Waals surface area contributed by atoms with E-state index in [1.807, 2.05) is 30.3 Å². The summed E-state index contributed by atoms with van der Waals surface area (Å²) in [5, 5.41) is 12.8. The van der Waals surface area contributed by atoms with Crippen LogP contribution in [-0.4, -0.2) is 11.7 Å². The number of aromatic hydroxyl groups is 1. The van der Waals surface area contributed by atoms with Crippen LogP contribution in [0.2, 0.25) is 0 Å². The van der Waals surface area contributed by atoms with Crippen LogP contribution in [0.25, 0.3) is 0 Å². The van der Waals surface area contributed by atoms with Crippen molar-refractivity contribution in [3.05, 3.63) is 59.7 Å². The van der Waals surface area contributed by atoms with E-state index in [-0.39, 0.29) is 0 Å². The zero-order valence-electron chi connectivity index (χ0n) is 10.7. The molecule has 1 aliphatic heterocycles. The van der Waals surface area contributed by atoms with Gasteiger partial charge in [0.15, 0.2) is 0 Å². The van der Waals surface area contributed by atoms with Gasteiger partial charge < -0.3 is 15.2 Å². The minimum atomic E-state index is 0.306. The van der Waals surface area contributed by atoms with E-state index >= 15 is 0 Å². The van der Waals surface area contributed by atoms with Crippen molar-refractivity contribution in [3.63, 3.8) is 0 Å². The normalized spacial score (nSPS) is 17.6. The van der Waals surface area contributed by atoms with Crippen LogP contribution in [0.1, 0.15) is 23.6 Å². The number of hydrogen-bond donors (Lipinski definition) is 2. The molecule has 19 heavy (non-hydrogen) atoms. The molecule has 1 aliphatic rings. The first kappa shape index (κ1) is 12.1. The molecule has 0 bridgehead atoms. The Balaban J connectivity index is 1.69. The van der Waals surface area contributed by atoms with Crippen molar-refractivity contribution in [1.82, 2.24) is 5.32 Å². The largest absolute Gasteiger partial charge is 0.508 e. The Bertz CT molecular complexity index is 551. The third-order valence-electron chi connectivity index (χ3n) is 3.45. The lowest BCUT2D eigenvalue weighted by Gasteiger charge is -2.26. The Morgan fingerprint density at radius 2 is 1.89 bits per heavy atom. The van der Waals surface area contributed by atoms with E-state index in [0.29, 0.717) is 11.8 Å². The van der Waals surface area contributed by atoms with Gasteiger partial charge in [0.25, 0.3) is 0 Å². The maximum Gasteiger partial charge on any atom is 0.124 e. The van der Waals surface area contributed by atoms with E-state index in [1.165, 1.54) is 11.1 Å². The van der Waals surface area contributed by atoms with E-state index in [4.69, 9.17) is 4.74 Å². The molecular formula is C16H17NO2. The molecular weight excluding hydrogens is 238 g/mol. The number of phenolic OH excluding ortho intramolecular Hbond substituents is 1. The van der Waals surface area contributed by atoms with Gasteiger partial charge in [-0.25, -0.2) is 0 Å². The second-order valence-corrected chi connectivity index (χ2v) is 4.77. The van der Waals surface area contributed by atoms with Crippen LogP contribution in [0.15, 0.2) is 48.5 Å². The fourth-order valence-corrected chi connectivity index (χ4v) is 2.41. The van der Waals surface area contributed by atoms with Gasteiger partial charge in [-0.15, -0.1) is 0 Å². The van der Waals surface area contributed by atoms with Gasteiger partial charge >= 0.3 is 0 Å². The monoisotopic (exact) mass is 255 g/mol. The number of nitrogens with one attached hydrogen (secondary N) is 1. The van der Waals surface area contributed by atoms with Crippen molar-refractivity contribution >= 4 is 0 Å². The average Bonchev–Trinajstić information content (AvgIpc) is 2.47. The number of hydrogen-bond acceptors (Lipinski definition) is 3. The topological polar surface area (TPSA) is 41.5 Å². The van der Waals surface area contributed by atoms with Crippen molar-refractivity contribution in [2.24, 2.45) is 0 Å². The molecule has 1 heterocycles. The average molecular weight is 255 g/mol. The molecule has 0 aromatic heterocycles. The fourth-order valence-electron chi connectivity index (χ4n) is 2.41. The summed E-state index contributed by atoms with van der Waals surface area (Å²) in [4.78, 5) is 0. The van der Waals surface area contributed by atoms with Gasteiger partial charge in [-0.3, -0.25) is 0 Å². The minimum Gasteiger partial charge on any atom is -0.508 e. The Labute approximate surface area is 112 Å². The van der Waals surface area contributed by atoms with Crippen LogP contribution in [0.3, 0.4) is 0 Å². The molecule has 2 aromatic rings. The van der Waals surface area contributed by atoms with Crippen LogP contribution in [0.5, 0.6) is 11.5 Å². The minimum absolute atomic E-state index is 0.306. The van der Waals surface area contributed by atoms with Crippen molar-refractivity contribution < 1.29 is 9.84 Å². The molecule has 0 radical (unpaired) electrons. The van der Waals surface area contributed by atoms with Crippen LogP contribution in [-0.2, 0) is 6.54 Å². The molecule has 98 valence electrons. The maximum atomic E-state index is 9.27. The molecule has 3 rings (SSSR count). The van der Waals surface area contributed by atoms with Gasteiger partial charge in [0.2, 0.25) is 0 Å². The molecule has 0 saturated carbocycles. The van der Waals surface area contributed by atoms with Crippen LogP contribution >= 0.6 is 0 Å². The Morgan fingerprint density at radius 3 is 2.74 bits per heavy atom. The van der Waals surface area contributed by atoms with Gasteiger partial charge in [0.1, 0.15) is 11.5 Å². The first-order valence-electron chi connectivity index (χ1n) is 6.56. The fraction of sp³-hybridized carbons (Fsp3) is 0.250. The lowest BCUT2D eigenvalue weighted by molar-refractivity contribution is 0.252. The molecule has 0 spiro atoms. The molecule has 1 atom stereocenters. The summed E-state index contributed by atoms with van der Waals surface area (Å²) in [5.74, 6) is 1.29. The number of para-hydroxylation sites is 1. The van der Waals surface area contributed by atoms with Crippen molar-refractivity contribution in [1.29, 1.82) is 0 Å². The third-order valence-corrected chi connectivity index (χ3v) is 3.45. The van der Waals surface area contributed by atoms with Gasteiger partial charge in [0.05, 0.1) is 6.61 Å². The van der Waals surface area contributed by atoms with Gasteiger partial charge in [-0.1, -0.05) is 30.3 Å². The summed E-state index contributed by atoms with van der Waals surface area (Å²) in [6.45, 7) is 1.55. The van der Waals surface area contributed by atoms with Crippen molar-refractivity contribution in [3.8, 4) is 11.5 Å². The Kier molecular flexibility index (Phi) is 3.38. The number of ether oxygens (including phenoxy) is 1. The standard InChI is InChI=1S/C16H17NO2/c18-13-7-5-12(6-8-13)11-17-15-9-10-19-16-4-2-1-3-14(15)16/h1-8,15,17-18H,9-11H2. The summed E-state index contributed by atoms with van der Waals surface area (Å²) in [5.41, 5.74) is 2.40. The summed E-state index contributed by atoms with van der Waals surface area (Å²) < 4.78 is 5.65. The number of rotatable bonds is 3. The highest BCUT2D eigenvalue weighted by molar-refractivity contribution is 5.37. The molecule has 2 aromatic carbocycles. The van der Waals surface area contributed by atoms with Crippen molar-refractivity contribution in [2.45, 2.75) is 19.0 Å². The smallest absolute Gasteiger partial charge is 0.124 e. The van der Waals surface area contributed by atoms with E-state index in [1.54, 1.807) is 12.1 Å². The highest BCUT2D eigenvalue weighted by atomic mass is 16.5. The molecule has 3 heteroatoms. The van der Waals surface area contributed by atoms with Crippen molar-refractivity contribution in [2.75, 3.05) is 6.61 Å². The SMILES string of the molecule is Oc1ccc(CNC2CCOc3ccccc32)cc1. The predicted octanol–water partition coefficient (Wildman–Crippen LogP) is 3.01. The molecule has 0 aliphatic carbocycles. The summed E-state index contributed by atoms with van der Waals surface area (Å²) in [6, 6.07) is 15.8. The zero-order chi connectivity index (χ0) is 13.1. The molecule has 2 N–H and O–H groups in total. The van der Waals surface area contributed by atoms with Crippen LogP contribution in [0.4, 0.5) is 0 Å². The summed E-state index contributed by atoms with van der Waals surface area (Å²) in [7, 11) is 0. The number of phenols is 1. The van der Waals surface area contributed by atoms with E-state index < -0.39 is 0 Å². The molecule has 0 fully saturated rings. The summed E-state index contributed by atoms with van der Waals surface area (Å²) >= 11 is 0. The molecule has 0 saturated heterocycles. The molecule has 3 nitrogen and oxygen atoms in total. The lowest BCUT2D eigenvalue weighted by Crippen LogP contribution is -2.26. The Morgan fingerprint density at radius 1 is 1.11 bits per heavy atom. The molecule has 1 unspecified atom stereocenters. The number of fused-ring (bicyclic) bond motifs is 1. The quantitative estimate of drug-likeness (QED) is 0.886. The second kappa shape index (κ2) is 5.33. The number of benzene rings is 2. The first-order chi connectivity index (χ1) is 9.33. The molecule has 0 amide bonds. The van der Waals surface area contributed by atoms with E-state index in [2.05, 4.69) is 11.4 Å². The van der Waals surface area contributed by atoms with Crippen LogP contribution < -0.4 is 10.1 Å². The zero-order valence-corrected chi connectivity index (χ0v) is 10.7. The van der Waals surface area contributed by atoms with Gasteiger partial charge in [-0.2, -0.15) is 0 Å². The van der Waals surface area contributed by atoms with E-state index in [0.717, 1.165) is 25.3 Å². The highest BCUT2D eigenvalue weighted by Crippen LogP contribution is 2.31. The second-order valence-electron chi connectivity index (χ2n) is 4.77. The van der Waals surface area contributed by atoms with E-state index in [9.17, 15) is 5.11 Å². The highest BCUT2D eigenvalue weighted by Gasteiger charge is 2.20. The third kappa shape index (κ3) is 2.71. The Hall–Kier alpha value is -2.00. The first-order valence-corrected chi connectivity index (χ1v) is 6.56. The maximum absolute atomic E-state index is 9.27. The van der Waals surface area contributed by atoms with Gasteiger partial charge in [0, 0.05) is 24.6 Å². The summed E-state index contributed by atoms with van der Waals surface area (Å²) in [6.07, 6.45) is 0.981. The van der Waals surface area contributed by atoms with Gasteiger partial charge in [-0.05, 0) is 23.8 Å². The lowest BCUT2D eigenvalue weighted by atomic mass is 10.0. The van der Waals surface area contributed by atoms with Crippen LogP contribution in [0, 0.1) is 0 Å².